The van der Waals surface area contributed by atoms with Crippen molar-refractivity contribution < 1.29 is 14.3 Å². The van der Waals surface area contributed by atoms with E-state index in [1.165, 1.54) is 12.1 Å². The van der Waals surface area contributed by atoms with Crippen LogP contribution in [-0.2, 0) is 11.3 Å². The number of carboxylic acids is 1. The van der Waals surface area contributed by atoms with E-state index >= 15 is 0 Å². The van der Waals surface area contributed by atoms with E-state index in [0.717, 1.165) is 31.5 Å². The smallest absolute Gasteiger partial charge is 0.303 e. The maximum atomic E-state index is 13.3. The molecule has 5 heteroatoms. The van der Waals surface area contributed by atoms with Gasteiger partial charge in [-0.2, -0.15) is 5.26 Å². The molecule has 1 aliphatic rings. The van der Waals surface area contributed by atoms with Gasteiger partial charge in [0.25, 0.3) is 0 Å². The van der Waals surface area contributed by atoms with E-state index in [0.29, 0.717) is 12.1 Å². The quantitative estimate of drug-likeness (QED) is 0.917. The number of likely N-dealkylation sites (tertiary alicyclic amines) is 1. The molecule has 0 saturated carbocycles. The maximum absolute atomic E-state index is 13.3. The van der Waals surface area contributed by atoms with E-state index in [1.807, 2.05) is 6.07 Å². The zero-order valence-electron chi connectivity index (χ0n) is 11.2. The number of aliphatic carboxylic acids is 1. The Balaban J connectivity index is 1.91. The molecule has 4 nitrogen and oxygen atoms in total. The number of rotatable bonds is 4. The molecule has 0 radical (unpaired) electrons. The van der Waals surface area contributed by atoms with Crippen molar-refractivity contribution in [2.24, 2.45) is 5.92 Å². The second-order valence-electron chi connectivity index (χ2n) is 5.28. The number of carbonyl (C=O) groups is 1. The van der Waals surface area contributed by atoms with Gasteiger partial charge in [-0.1, -0.05) is 0 Å². The topological polar surface area (TPSA) is 64.3 Å². The summed E-state index contributed by atoms with van der Waals surface area (Å²) in [6.07, 6.45) is 1.94. The molecule has 2 rings (SSSR count). The van der Waals surface area contributed by atoms with Gasteiger partial charge in [-0.05, 0) is 55.6 Å². The lowest BCUT2D eigenvalue weighted by atomic mass is 9.93. The predicted octanol–water partition coefficient (Wildman–Crippen LogP) is 2.38. The summed E-state index contributed by atoms with van der Waals surface area (Å²) in [4.78, 5) is 12.8. The standard InChI is InChI=1S/C15H17FN2O2/c16-14-6-12(9-17)5-13(7-14)10-18-3-1-11(2-4-18)8-15(19)20/h5-7,11H,1-4,8,10H2,(H,19,20). The van der Waals surface area contributed by atoms with Gasteiger partial charge in [-0.3, -0.25) is 9.69 Å². The monoisotopic (exact) mass is 276 g/mol. The van der Waals surface area contributed by atoms with Gasteiger partial charge in [0.1, 0.15) is 5.82 Å². The molecule has 0 atom stereocenters. The summed E-state index contributed by atoms with van der Waals surface area (Å²) in [6, 6.07) is 6.32. The minimum Gasteiger partial charge on any atom is -0.481 e. The molecule has 106 valence electrons. The van der Waals surface area contributed by atoms with Crippen LogP contribution in [0.5, 0.6) is 0 Å². The zero-order valence-corrected chi connectivity index (χ0v) is 11.2. The third-order valence-corrected chi connectivity index (χ3v) is 3.66. The molecule has 20 heavy (non-hydrogen) atoms. The first-order valence-corrected chi connectivity index (χ1v) is 6.70. The molecule has 1 saturated heterocycles. The van der Waals surface area contributed by atoms with Crippen LogP contribution in [0.15, 0.2) is 18.2 Å². The summed E-state index contributed by atoms with van der Waals surface area (Å²) in [5, 5.41) is 17.6. The van der Waals surface area contributed by atoms with Crippen molar-refractivity contribution in [1.82, 2.24) is 4.90 Å². The van der Waals surface area contributed by atoms with Crippen LogP contribution in [0.4, 0.5) is 4.39 Å². The predicted molar refractivity (Wildman–Crippen MR) is 71.4 cm³/mol. The molecule has 1 fully saturated rings. The van der Waals surface area contributed by atoms with E-state index in [2.05, 4.69) is 4.90 Å². The largest absolute Gasteiger partial charge is 0.481 e. The Hall–Kier alpha value is -1.93. The highest BCUT2D eigenvalue weighted by molar-refractivity contribution is 5.67. The molecule has 1 heterocycles. The molecule has 0 amide bonds. The van der Waals surface area contributed by atoms with Gasteiger partial charge in [0.15, 0.2) is 0 Å². The summed E-state index contributed by atoms with van der Waals surface area (Å²) < 4.78 is 13.3. The number of nitriles is 1. The number of halogens is 1. The number of piperidine rings is 1. The van der Waals surface area contributed by atoms with Gasteiger partial charge in [0, 0.05) is 13.0 Å². The van der Waals surface area contributed by atoms with Crippen LogP contribution in [0.3, 0.4) is 0 Å². The van der Waals surface area contributed by atoms with Gasteiger partial charge in [-0.15, -0.1) is 0 Å². The molecular formula is C15H17FN2O2. The lowest BCUT2D eigenvalue weighted by Gasteiger charge is -2.31. The van der Waals surface area contributed by atoms with Gasteiger partial charge in [-0.25, -0.2) is 4.39 Å². The molecule has 0 unspecified atom stereocenters. The lowest BCUT2D eigenvalue weighted by Crippen LogP contribution is -2.33. The fourth-order valence-corrected chi connectivity index (χ4v) is 2.66. The van der Waals surface area contributed by atoms with E-state index in [4.69, 9.17) is 10.4 Å². The van der Waals surface area contributed by atoms with Crippen LogP contribution in [0.2, 0.25) is 0 Å². The summed E-state index contributed by atoms with van der Waals surface area (Å²) >= 11 is 0. The molecule has 1 aromatic carbocycles. The van der Waals surface area contributed by atoms with Crippen LogP contribution in [-0.4, -0.2) is 29.1 Å². The maximum Gasteiger partial charge on any atom is 0.303 e. The van der Waals surface area contributed by atoms with Gasteiger partial charge in [0.2, 0.25) is 0 Å². The number of nitrogens with zero attached hydrogens (tertiary/aromatic N) is 2. The van der Waals surface area contributed by atoms with Crippen molar-refractivity contribution in [2.45, 2.75) is 25.8 Å². The summed E-state index contributed by atoms with van der Waals surface area (Å²) in [6.45, 7) is 2.24. The van der Waals surface area contributed by atoms with Gasteiger partial charge < -0.3 is 5.11 Å². The van der Waals surface area contributed by atoms with E-state index in [9.17, 15) is 9.18 Å². The number of benzene rings is 1. The van der Waals surface area contributed by atoms with Crippen molar-refractivity contribution >= 4 is 5.97 Å². The number of carboxylic acid groups (broad SMARTS) is 1. The molecule has 1 N–H and O–H groups in total. The molecule has 0 bridgehead atoms. The van der Waals surface area contributed by atoms with Crippen molar-refractivity contribution in [3.8, 4) is 6.07 Å². The highest BCUT2D eigenvalue weighted by Gasteiger charge is 2.21. The van der Waals surface area contributed by atoms with Crippen LogP contribution < -0.4 is 0 Å². The minimum atomic E-state index is -0.743. The molecule has 0 aromatic heterocycles. The van der Waals surface area contributed by atoms with Crippen molar-refractivity contribution in [2.75, 3.05) is 13.1 Å². The Morgan fingerprint density at radius 2 is 2.10 bits per heavy atom. The highest BCUT2D eigenvalue weighted by atomic mass is 19.1. The van der Waals surface area contributed by atoms with Crippen molar-refractivity contribution in [3.63, 3.8) is 0 Å². The van der Waals surface area contributed by atoms with Crippen LogP contribution in [0.25, 0.3) is 0 Å². The van der Waals surface area contributed by atoms with Crippen LogP contribution in [0, 0.1) is 23.1 Å². The second kappa shape index (κ2) is 6.49. The minimum absolute atomic E-state index is 0.229. The average molecular weight is 276 g/mol. The first-order valence-electron chi connectivity index (χ1n) is 6.70. The number of hydrogen-bond donors (Lipinski definition) is 1. The average Bonchev–Trinajstić information content (AvgIpc) is 2.39. The van der Waals surface area contributed by atoms with Crippen molar-refractivity contribution in [1.29, 1.82) is 5.26 Å². The number of hydrogen-bond acceptors (Lipinski definition) is 3. The van der Waals surface area contributed by atoms with Crippen molar-refractivity contribution in [3.05, 3.63) is 35.1 Å². The molecule has 0 spiro atoms. The SMILES string of the molecule is N#Cc1cc(F)cc(CN2CCC(CC(=O)O)CC2)c1. The Morgan fingerprint density at radius 1 is 1.40 bits per heavy atom. The summed E-state index contributed by atoms with van der Waals surface area (Å²) in [7, 11) is 0. The Morgan fingerprint density at radius 3 is 2.70 bits per heavy atom. The third-order valence-electron chi connectivity index (χ3n) is 3.66. The molecule has 1 aromatic rings. The van der Waals surface area contributed by atoms with E-state index in [-0.39, 0.29) is 18.2 Å². The molecular weight excluding hydrogens is 259 g/mol. The van der Waals surface area contributed by atoms with Crippen LogP contribution >= 0.6 is 0 Å². The molecule has 1 aliphatic heterocycles. The lowest BCUT2D eigenvalue weighted by molar-refractivity contribution is -0.138. The van der Waals surface area contributed by atoms with Gasteiger partial charge in [0.05, 0.1) is 11.6 Å². The zero-order chi connectivity index (χ0) is 14.5. The Labute approximate surface area is 117 Å². The second-order valence-corrected chi connectivity index (χ2v) is 5.28. The first-order chi connectivity index (χ1) is 9.56. The Bertz CT molecular complexity index is 531. The summed E-state index contributed by atoms with van der Waals surface area (Å²) in [5.41, 5.74) is 1.12. The fraction of sp³-hybridized carbons (Fsp3) is 0.467. The van der Waals surface area contributed by atoms with E-state index in [1.54, 1.807) is 6.07 Å². The van der Waals surface area contributed by atoms with Gasteiger partial charge >= 0.3 is 5.97 Å². The highest BCUT2D eigenvalue weighted by Crippen LogP contribution is 2.22. The first kappa shape index (κ1) is 14.5. The third kappa shape index (κ3) is 4.04. The normalized spacial score (nSPS) is 16.8. The van der Waals surface area contributed by atoms with Crippen LogP contribution in [0.1, 0.15) is 30.4 Å². The molecule has 0 aliphatic carbocycles. The summed E-state index contributed by atoms with van der Waals surface area (Å²) in [5.74, 6) is -0.891. The van der Waals surface area contributed by atoms with E-state index < -0.39 is 5.97 Å². The fourth-order valence-electron chi connectivity index (χ4n) is 2.66. The Kier molecular flexibility index (Phi) is 4.70.